The first-order chi connectivity index (χ1) is 14.8. The number of amides is 2. The molecule has 0 fully saturated rings. The van der Waals surface area contributed by atoms with Gasteiger partial charge in [0, 0.05) is 12.1 Å². The molecule has 3 aromatic carbocycles. The fourth-order valence-corrected chi connectivity index (χ4v) is 3.18. The molecule has 1 heterocycles. The quantitative estimate of drug-likeness (QED) is 0.342. The minimum absolute atomic E-state index is 0.000791. The van der Waals surface area contributed by atoms with Gasteiger partial charge in [0.15, 0.2) is 0 Å². The van der Waals surface area contributed by atoms with Gasteiger partial charge in [0.25, 0.3) is 17.5 Å². The lowest BCUT2D eigenvalue weighted by Crippen LogP contribution is -2.29. The molecular formula is C22H13N2O7-. The number of carboxylic acid groups (broad SMARTS) is 1. The molecule has 3 aromatic rings. The summed E-state index contributed by atoms with van der Waals surface area (Å²) in [7, 11) is 0. The second-order valence-corrected chi connectivity index (χ2v) is 6.74. The predicted molar refractivity (Wildman–Crippen MR) is 105 cm³/mol. The van der Waals surface area contributed by atoms with Gasteiger partial charge < -0.3 is 14.6 Å². The number of benzene rings is 3. The standard InChI is InChI=1S/C22H14N2O7/c25-20-18-10-9-17(31-16-7-5-15(6-8-16)24(29)30)11-19(18)21(26)23(20)12-13-1-3-14(4-2-13)22(27)28/h1-11H,12H2,(H,27,28)/p-1. The fraction of sp³-hybridized carbons (Fsp3) is 0.0455. The van der Waals surface area contributed by atoms with Gasteiger partial charge in [-0.1, -0.05) is 24.3 Å². The van der Waals surface area contributed by atoms with Gasteiger partial charge in [-0.15, -0.1) is 0 Å². The molecule has 0 N–H and O–H groups in total. The van der Waals surface area contributed by atoms with E-state index in [4.69, 9.17) is 4.74 Å². The van der Waals surface area contributed by atoms with E-state index in [1.165, 1.54) is 66.7 Å². The molecule has 9 nitrogen and oxygen atoms in total. The van der Waals surface area contributed by atoms with Crippen molar-refractivity contribution < 1.29 is 29.2 Å². The highest BCUT2D eigenvalue weighted by Gasteiger charge is 2.35. The van der Waals surface area contributed by atoms with Crippen molar-refractivity contribution in [3.8, 4) is 11.5 Å². The van der Waals surface area contributed by atoms with E-state index < -0.39 is 22.7 Å². The Kier molecular flexibility index (Phi) is 4.92. The number of hydrogen-bond donors (Lipinski definition) is 0. The van der Waals surface area contributed by atoms with Gasteiger partial charge in [-0.25, -0.2) is 0 Å². The summed E-state index contributed by atoms with van der Waals surface area (Å²) in [4.78, 5) is 47.6. The number of carbonyl (C=O) groups excluding carboxylic acids is 3. The molecule has 0 unspecified atom stereocenters. The number of imide groups is 1. The number of carboxylic acids is 1. The number of nitro benzene ring substituents is 1. The zero-order valence-corrected chi connectivity index (χ0v) is 15.8. The van der Waals surface area contributed by atoms with Crippen LogP contribution in [0.3, 0.4) is 0 Å². The molecule has 0 atom stereocenters. The Balaban J connectivity index is 1.52. The topological polar surface area (TPSA) is 130 Å². The van der Waals surface area contributed by atoms with E-state index in [2.05, 4.69) is 0 Å². The lowest BCUT2D eigenvalue weighted by Gasteiger charge is -2.14. The van der Waals surface area contributed by atoms with Crippen molar-refractivity contribution in [1.29, 1.82) is 0 Å². The summed E-state index contributed by atoms with van der Waals surface area (Å²) < 4.78 is 5.64. The SMILES string of the molecule is O=C([O-])c1ccc(CN2C(=O)c3ccc(Oc4ccc([N+](=O)[O-])cc4)cc3C2=O)cc1. The summed E-state index contributed by atoms with van der Waals surface area (Å²) >= 11 is 0. The highest BCUT2D eigenvalue weighted by atomic mass is 16.6. The minimum Gasteiger partial charge on any atom is -0.545 e. The number of rotatable bonds is 6. The van der Waals surface area contributed by atoms with Gasteiger partial charge in [-0.3, -0.25) is 24.6 Å². The van der Waals surface area contributed by atoms with Gasteiger partial charge in [0.1, 0.15) is 11.5 Å². The van der Waals surface area contributed by atoms with Crippen molar-refractivity contribution in [3.05, 3.63) is 99.1 Å². The highest BCUT2D eigenvalue weighted by Crippen LogP contribution is 2.31. The number of ether oxygens (including phenoxy) is 1. The van der Waals surface area contributed by atoms with E-state index in [9.17, 15) is 29.6 Å². The van der Waals surface area contributed by atoms with Crippen LogP contribution in [0.4, 0.5) is 5.69 Å². The lowest BCUT2D eigenvalue weighted by molar-refractivity contribution is -0.384. The van der Waals surface area contributed by atoms with Gasteiger partial charge >= 0.3 is 0 Å². The maximum absolute atomic E-state index is 12.8. The Morgan fingerprint density at radius 2 is 1.48 bits per heavy atom. The normalized spacial score (nSPS) is 12.6. The van der Waals surface area contributed by atoms with E-state index in [0.717, 1.165) is 4.90 Å². The third kappa shape index (κ3) is 3.84. The van der Waals surface area contributed by atoms with Crippen molar-refractivity contribution in [1.82, 2.24) is 4.90 Å². The maximum atomic E-state index is 12.8. The second kappa shape index (κ2) is 7.71. The number of non-ortho nitro benzene ring substituents is 1. The first kappa shape index (κ1) is 19.8. The molecule has 31 heavy (non-hydrogen) atoms. The van der Waals surface area contributed by atoms with E-state index in [0.29, 0.717) is 17.1 Å². The zero-order valence-electron chi connectivity index (χ0n) is 15.8. The van der Waals surface area contributed by atoms with Crippen LogP contribution in [0.5, 0.6) is 11.5 Å². The molecular weight excluding hydrogens is 404 g/mol. The average Bonchev–Trinajstić information content (AvgIpc) is 2.99. The summed E-state index contributed by atoms with van der Waals surface area (Å²) in [5.41, 5.74) is 0.912. The smallest absolute Gasteiger partial charge is 0.269 e. The van der Waals surface area contributed by atoms with Gasteiger partial charge in [-0.05, 0) is 41.5 Å². The van der Waals surface area contributed by atoms with Crippen molar-refractivity contribution in [3.63, 3.8) is 0 Å². The summed E-state index contributed by atoms with van der Waals surface area (Å²) in [6, 6.07) is 15.6. The van der Waals surface area contributed by atoms with E-state index in [1.54, 1.807) is 0 Å². The van der Waals surface area contributed by atoms with Crippen molar-refractivity contribution in [2.45, 2.75) is 6.54 Å². The molecule has 154 valence electrons. The van der Waals surface area contributed by atoms with E-state index in [1.807, 2.05) is 0 Å². The number of hydrogen-bond acceptors (Lipinski definition) is 7. The van der Waals surface area contributed by atoms with Crippen LogP contribution in [-0.2, 0) is 6.54 Å². The molecule has 0 radical (unpaired) electrons. The zero-order chi connectivity index (χ0) is 22.1. The summed E-state index contributed by atoms with van der Waals surface area (Å²) in [6.07, 6.45) is 0. The van der Waals surface area contributed by atoms with Crippen LogP contribution in [0, 0.1) is 10.1 Å². The van der Waals surface area contributed by atoms with Crippen LogP contribution in [0.2, 0.25) is 0 Å². The molecule has 0 spiro atoms. The number of nitrogens with zero attached hydrogens (tertiary/aromatic N) is 2. The molecule has 0 saturated carbocycles. The number of fused-ring (bicyclic) bond motifs is 1. The van der Waals surface area contributed by atoms with Gasteiger partial charge in [0.2, 0.25) is 0 Å². The van der Waals surface area contributed by atoms with Crippen LogP contribution in [-0.4, -0.2) is 27.6 Å². The first-order valence-corrected chi connectivity index (χ1v) is 9.06. The highest BCUT2D eigenvalue weighted by molar-refractivity contribution is 6.21. The third-order valence-corrected chi connectivity index (χ3v) is 4.76. The Morgan fingerprint density at radius 3 is 2.10 bits per heavy atom. The Morgan fingerprint density at radius 1 is 0.871 bits per heavy atom. The van der Waals surface area contributed by atoms with Crippen molar-refractivity contribution in [2.75, 3.05) is 0 Å². The monoisotopic (exact) mass is 417 g/mol. The van der Waals surface area contributed by atoms with Crippen molar-refractivity contribution in [2.24, 2.45) is 0 Å². The van der Waals surface area contributed by atoms with E-state index in [-0.39, 0.29) is 28.9 Å². The molecule has 0 aliphatic carbocycles. The fourth-order valence-electron chi connectivity index (χ4n) is 3.18. The molecule has 0 saturated heterocycles. The second-order valence-electron chi connectivity index (χ2n) is 6.74. The van der Waals surface area contributed by atoms with Gasteiger partial charge in [-0.2, -0.15) is 0 Å². The number of nitro groups is 1. The first-order valence-electron chi connectivity index (χ1n) is 9.06. The lowest BCUT2D eigenvalue weighted by atomic mass is 10.1. The molecule has 4 rings (SSSR count). The molecule has 2 amide bonds. The summed E-state index contributed by atoms with van der Waals surface area (Å²) in [5.74, 6) is -1.64. The largest absolute Gasteiger partial charge is 0.545 e. The van der Waals surface area contributed by atoms with Crippen molar-refractivity contribution >= 4 is 23.5 Å². The molecule has 1 aliphatic heterocycles. The average molecular weight is 417 g/mol. The Hall–Kier alpha value is -4.53. The maximum Gasteiger partial charge on any atom is 0.269 e. The van der Waals surface area contributed by atoms with Crippen LogP contribution in [0.1, 0.15) is 36.6 Å². The van der Waals surface area contributed by atoms with Crippen LogP contribution < -0.4 is 9.84 Å². The molecule has 9 heteroatoms. The Labute approximate surface area is 175 Å². The number of carbonyl (C=O) groups is 3. The van der Waals surface area contributed by atoms with E-state index >= 15 is 0 Å². The van der Waals surface area contributed by atoms with Crippen LogP contribution >= 0.6 is 0 Å². The van der Waals surface area contributed by atoms with Crippen LogP contribution in [0.15, 0.2) is 66.7 Å². The Bertz CT molecular complexity index is 1220. The molecule has 0 bridgehead atoms. The predicted octanol–water partition coefficient (Wildman–Crippen LogP) is 2.55. The molecule has 0 aromatic heterocycles. The van der Waals surface area contributed by atoms with Crippen LogP contribution in [0.25, 0.3) is 0 Å². The third-order valence-electron chi connectivity index (χ3n) is 4.76. The minimum atomic E-state index is -1.31. The summed E-state index contributed by atoms with van der Waals surface area (Å²) in [5, 5.41) is 21.6. The molecule has 1 aliphatic rings. The number of aromatic carboxylic acids is 1. The summed E-state index contributed by atoms with van der Waals surface area (Å²) in [6.45, 7) is -0.0157. The van der Waals surface area contributed by atoms with Gasteiger partial charge in [0.05, 0.1) is 28.6 Å².